The Hall–Kier alpha value is -1.86. The van der Waals surface area contributed by atoms with Crippen molar-refractivity contribution in [3.8, 4) is 11.4 Å². The highest BCUT2D eigenvalue weighted by Crippen LogP contribution is 2.45. The monoisotopic (exact) mass is 423 g/mol. The minimum Gasteiger partial charge on any atom is -0.444 e. The molecule has 0 saturated carbocycles. The first-order valence-corrected chi connectivity index (χ1v) is 10.2. The lowest BCUT2D eigenvalue weighted by molar-refractivity contribution is 0.0162. The molecule has 0 radical (unpaired) electrons. The Morgan fingerprint density at radius 1 is 1.11 bits per heavy atom. The maximum Gasteiger partial charge on any atom is 0.410 e. The van der Waals surface area contributed by atoms with Crippen LogP contribution in [-0.2, 0) is 16.7 Å². The number of ether oxygens (including phenoxy) is 1. The number of hydrogen-bond acceptors (Lipinski definition) is 5. The molecule has 7 nitrogen and oxygen atoms in total. The van der Waals surface area contributed by atoms with Gasteiger partial charge in [-0.05, 0) is 51.6 Å². The van der Waals surface area contributed by atoms with E-state index in [1.165, 1.54) is 6.20 Å². The van der Waals surface area contributed by atoms with Gasteiger partial charge >= 0.3 is 6.09 Å². The summed E-state index contributed by atoms with van der Waals surface area (Å²) in [6.07, 6.45) is 5.78. The van der Waals surface area contributed by atoms with Gasteiger partial charge in [-0.3, -0.25) is 0 Å². The van der Waals surface area contributed by atoms with Crippen LogP contribution in [0.4, 0.5) is 4.79 Å². The van der Waals surface area contributed by atoms with Crippen LogP contribution < -0.4 is 0 Å². The average molecular weight is 424 g/mol. The molecule has 1 amide bonds. The van der Waals surface area contributed by atoms with Gasteiger partial charge in [-0.25, -0.2) is 19.7 Å². The predicted molar refractivity (Wildman–Crippen MR) is 107 cm³/mol. The number of likely N-dealkylation sites (tertiary alicyclic amines) is 1. The van der Waals surface area contributed by atoms with E-state index in [0.717, 1.165) is 37.3 Å². The van der Waals surface area contributed by atoms with Crippen LogP contribution in [0.2, 0.25) is 10.3 Å². The quantitative estimate of drug-likeness (QED) is 0.638. The lowest BCUT2D eigenvalue weighted by Gasteiger charge is -2.38. The molecule has 9 heteroatoms. The maximum atomic E-state index is 12.4. The van der Waals surface area contributed by atoms with Crippen LogP contribution in [0.25, 0.3) is 11.4 Å². The van der Waals surface area contributed by atoms with Crippen molar-refractivity contribution in [2.24, 2.45) is 0 Å². The van der Waals surface area contributed by atoms with Gasteiger partial charge in [0, 0.05) is 25.0 Å². The molecule has 2 aromatic heterocycles. The van der Waals surface area contributed by atoms with Crippen LogP contribution in [0.15, 0.2) is 12.4 Å². The van der Waals surface area contributed by atoms with Crippen LogP contribution in [0.3, 0.4) is 0 Å². The summed E-state index contributed by atoms with van der Waals surface area (Å²) in [4.78, 5) is 27.1. The molecule has 4 rings (SSSR count). The summed E-state index contributed by atoms with van der Waals surface area (Å²) in [5.74, 6) is 1.04. The summed E-state index contributed by atoms with van der Waals surface area (Å²) in [6.45, 7) is 7.83. The molecule has 0 aliphatic carbocycles. The number of rotatable bonds is 1. The Bertz CT molecular complexity index is 914. The highest BCUT2D eigenvalue weighted by Gasteiger charge is 2.45. The van der Waals surface area contributed by atoms with Gasteiger partial charge in [0.25, 0.3) is 0 Å². The van der Waals surface area contributed by atoms with E-state index in [4.69, 9.17) is 32.9 Å². The molecular formula is C19H23Cl2N5O2. The standard InChI is InChI=1S/C19H23Cl2N5O2/c1-18(2,3)28-17(27)25-7-4-19(5-8-25)6-9-26-13(11-22-15(19)26)14-12(20)10-23-16(21)24-14/h10-11H,4-9H2,1-3H3. The number of aromatic nitrogens is 4. The minimum absolute atomic E-state index is 0.0277. The van der Waals surface area contributed by atoms with Crippen molar-refractivity contribution in [1.29, 1.82) is 0 Å². The maximum absolute atomic E-state index is 12.4. The van der Waals surface area contributed by atoms with E-state index in [1.54, 1.807) is 11.1 Å². The molecular weight excluding hydrogens is 401 g/mol. The van der Waals surface area contributed by atoms with E-state index in [0.29, 0.717) is 23.8 Å². The van der Waals surface area contributed by atoms with Crippen LogP contribution in [0, 0.1) is 0 Å². The minimum atomic E-state index is -0.483. The van der Waals surface area contributed by atoms with E-state index >= 15 is 0 Å². The molecule has 150 valence electrons. The van der Waals surface area contributed by atoms with E-state index in [-0.39, 0.29) is 16.8 Å². The smallest absolute Gasteiger partial charge is 0.410 e. The van der Waals surface area contributed by atoms with Crippen molar-refractivity contribution in [3.05, 3.63) is 28.5 Å². The second-order valence-corrected chi connectivity index (χ2v) is 9.20. The normalized spacial score (nSPS) is 18.4. The second kappa shape index (κ2) is 6.88. The first kappa shape index (κ1) is 19.5. The SMILES string of the molecule is CC(C)(C)OC(=O)N1CCC2(CC1)CCn1c(-c3nc(Cl)ncc3Cl)cnc12. The second-order valence-electron chi connectivity index (χ2n) is 8.45. The zero-order valence-electron chi connectivity index (χ0n) is 16.2. The van der Waals surface area contributed by atoms with Gasteiger partial charge in [0.2, 0.25) is 5.28 Å². The molecule has 2 aromatic rings. The Balaban J connectivity index is 1.55. The van der Waals surface area contributed by atoms with Crippen LogP contribution in [0.1, 0.15) is 45.9 Å². The fourth-order valence-electron chi connectivity index (χ4n) is 4.09. The summed E-state index contributed by atoms with van der Waals surface area (Å²) in [6, 6.07) is 0. The summed E-state index contributed by atoms with van der Waals surface area (Å²) < 4.78 is 7.68. The Kier molecular flexibility index (Phi) is 4.78. The Morgan fingerprint density at radius 2 is 1.79 bits per heavy atom. The van der Waals surface area contributed by atoms with Gasteiger partial charge < -0.3 is 14.2 Å². The Labute approximate surface area is 174 Å². The number of hydrogen-bond donors (Lipinski definition) is 0. The van der Waals surface area contributed by atoms with Gasteiger partial charge in [-0.1, -0.05) is 11.6 Å². The predicted octanol–water partition coefficient (Wildman–Crippen LogP) is 4.32. The molecule has 2 aliphatic heterocycles. The molecule has 28 heavy (non-hydrogen) atoms. The molecule has 0 unspecified atom stereocenters. The van der Waals surface area contributed by atoms with Crippen molar-refractivity contribution >= 4 is 29.3 Å². The molecule has 1 saturated heterocycles. The van der Waals surface area contributed by atoms with Crippen molar-refractivity contribution in [2.45, 2.75) is 57.6 Å². The molecule has 1 spiro atoms. The molecule has 0 aromatic carbocycles. The van der Waals surface area contributed by atoms with E-state index in [2.05, 4.69) is 14.5 Å². The summed E-state index contributed by atoms with van der Waals surface area (Å²) in [5, 5.41) is 0.612. The molecule has 0 bridgehead atoms. The molecule has 0 N–H and O–H groups in total. The number of nitrogens with zero attached hydrogens (tertiary/aromatic N) is 5. The molecule has 1 fully saturated rings. The van der Waals surface area contributed by atoms with Gasteiger partial charge in [-0.15, -0.1) is 0 Å². The highest BCUT2D eigenvalue weighted by atomic mass is 35.5. The number of fused-ring (bicyclic) bond motifs is 2. The first-order valence-electron chi connectivity index (χ1n) is 9.41. The fourth-order valence-corrected chi connectivity index (χ4v) is 4.42. The lowest BCUT2D eigenvalue weighted by Crippen LogP contribution is -2.46. The number of amides is 1. The fraction of sp³-hybridized carbons (Fsp3) is 0.579. The molecule has 4 heterocycles. The number of piperidine rings is 1. The largest absolute Gasteiger partial charge is 0.444 e. The molecule has 0 atom stereocenters. The van der Waals surface area contributed by atoms with E-state index in [1.807, 2.05) is 20.8 Å². The van der Waals surface area contributed by atoms with Crippen LogP contribution in [-0.4, -0.2) is 49.2 Å². The van der Waals surface area contributed by atoms with Crippen LogP contribution >= 0.6 is 23.2 Å². The third-order valence-corrected chi connectivity index (χ3v) is 5.93. The van der Waals surface area contributed by atoms with Crippen molar-refractivity contribution < 1.29 is 9.53 Å². The van der Waals surface area contributed by atoms with E-state index < -0.39 is 5.60 Å². The summed E-state index contributed by atoms with van der Waals surface area (Å²) in [5.41, 5.74) is 0.947. The number of carbonyl (C=O) groups excluding carboxylic acids is 1. The summed E-state index contributed by atoms with van der Waals surface area (Å²) in [7, 11) is 0. The van der Waals surface area contributed by atoms with Gasteiger partial charge in [0.15, 0.2) is 0 Å². The third-order valence-electron chi connectivity index (χ3n) is 5.47. The van der Waals surface area contributed by atoms with Gasteiger partial charge in [0.05, 0.1) is 23.1 Å². The topological polar surface area (TPSA) is 73.1 Å². The zero-order valence-corrected chi connectivity index (χ0v) is 17.7. The van der Waals surface area contributed by atoms with Crippen LogP contribution in [0.5, 0.6) is 0 Å². The first-order chi connectivity index (χ1) is 13.2. The average Bonchev–Trinajstić information content (AvgIpc) is 3.18. The Morgan fingerprint density at radius 3 is 2.46 bits per heavy atom. The summed E-state index contributed by atoms with van der Waals surface area (Å²) >= 11 is 12.2. The number of imidazole rings is 1. The number of halogens is 2. The van der Waals surface area contributed by atoms with Gasteiger partial charge in [0.1, 0.15) is 17.1 Å². The third kappa shape index (κ3) is 3.46. The van der Waals surface area contributed by atoms with Crippen molar-refractivity contribution in [1.82, 2.24) is 24.4 Å². The van der Waals surface area contributed by atoms with E-state index in [9.17, 15) is 4.79 Å². The van der Waals surface area contributed by atoms with Gasteiger partial charge in [-0.2, -0.15) is 0 Å². The zero-order chi connectivity index (χ0) is 20.1. The molecule has 2 aliphatic rings. The lowest BCUT2D eigenvalue weighted by atomic mass is 9.77. The highest BCUT2D eigenvalue weighted by molar-refractivity contribution is 6.33. The van der Waals surface area contributed by atoms with Crippen molar-refractivity contribution in [2.75, 3.05) is 13.1 Å². The van der Waals surface area contributed by atoms with Crippen molar-refractivity contribution in [3.63, 3.8) is 0 Å². The number of carbonyl (C=O) groups is 1.